The van der Waals surface area contributed by atoms with Gasteiger partial charge >= 0.3 is 0 Å². The Morgan fingerprint density at radius 2 is 1.61 bits per heavy atom. The lowest BCUT2D eigenvalue weighted by Crippen LogP contribution is -2.45. The van der Waals surface area contributed by atoms with Crippen LogP contribution >= 0.6 is 15.9 Å². The van der Waals surface area contributed by atoms with Crippen LogP contribution in [0.15, 0.2) is 132 Å². The van der Waals surface area contributed by atoms with Crippen molar-refractivity contribution in [1.82, 2.24) is 15.0 Å². The number of nitrogens with zero attached hydrogens (tertiary/aromatic N) is 5. The van der Waals surface area contributed by atoms with E-state index in [2.05, 4.69) is 26.2 Å². The molecule has 5 atom stereocenters. The summed E-state index contributed by atoms with van der Waals surface area (Å²) in [6.07, 6.45) is 1.68. The molecule has 1 saturated heterocycles. The zero-order valence-electron chi connectivity index (χ0n) is 32.8. The molecule has 13 heteroatoms. The molecule has 1 spiro atoms. The molecule has 3 aliphatic heterocycles. The Labute approximate surface area is 351 Å². The third-order valence-electron chi connectivity index (χ3n) is 12.0. The van der Waals surface area contributed by atoms with Gasteiger partial charge in [0.1, 0.15) is 5.75 Å². The number of aryl methyl sites for hydroxylation is 1. The van der Waals surface area contributed by atoms with Gasteiger partial charge in [0.05, 0.1) is 47.8 Å². The van der Waals surface area contributed by atoms with Crippen LogP contribution in [0.25, 0.3) is 0 Å². The summed E-state index contributed by atoms with van der Waals surface area (Å²) in [6, 6.07) is 37.7. The second kappa shape index (κ2) is 15.3. The van der Waals surface area contributed by atoms with Crippen molar-refractivity contribution in [3.05, 3.63) is 160 Å². The highest BCUT2D eigenvalue weighted by atomic mass is 79.9. The fourth-order valence-electron chi connectivity index (χ4n) is 9.34. The van der Waals surface area contributed by atoms with Crippen LogP contribution < -0.4 is 14.5 Å². The van der Waals surface area contributed by atoms with E-state index in [-0.39, 0.29) is 30.9 Å². The Kier molecular flexibility index (Phi) is 10.1. The fourth-order valence-corrected chi connectivity index (χ4v) is 12.2. The molecule has 59 heavy (non-hydrogen) atoms. The van der Waals surface area contributed by atoms with Crippen LogP contribution in [0.4, 0.5) is 21.2 Å². The van der Waals surface area contributed by atoms with Crippen LogP contribution in [-0.4, -0.2) is 53.0 Å². The van der Waals surface area contributed by atoms with Gasteiger partial charge in [-0.2, -0.15) is 0 Å². The normalized spacial score (nSPS) is 21.6. The van der Waals surface area contributed by atoms with E-state index < -0.39 is 31.6 Å². The Balaban J connectivity index is 0.993. The van der Waals surface area contributed by atoms with Crippen LogP contribution in [0.2, 0.25) is 18.6 Å². The molecule has 0 saturated carbocycles. The van der Waals surface area contributed by atoms with Gasteiger partial charge in [-0.15, -0.1) is 5.10 Å². The largest absolute Gasteiger partial charge is 0.454 e. The summed E-state index contributed by atoms with van der Waals surface area (Å²) in [6.45, 7) is 5.86. The Morgan fingerprint density at radius 3 is 2.36 bits per heavy atom. The molecule has 6 aromatic rings. The number of halogens is 2. The number of anilines is 3. The van der Waals surface area contributed by atoms with Crippen LogP contribution in [0.1, 0.15) is 52.0 Å². The number of para-hydroxylation sites is 3. The van der Waals surface area contributed by atoms with Crippen molar-refractivity contribution in [2.24, 2.45) is 5.92 Å². The van der Waals surface area contributed by atoms with Crippen molar-refractivity contribution in [1.29, 1.82) is 0 Å². The third-order valence-corrected chi connectivity index (χ3v) is 15.0. The molecule has 0 aliphatic carbocycles. The molecule has 1 aromatic heterocycles. The molecule has 1 unspecified atom stereocenters. The SMILES string of the molecule is C[C@@H]1[C@@H]([Si](C)(C)F)[C@H](CCn2cc(C(CO)c3ccccc3)nn2)O[C@@]12C(=O)N(Cc1ccc(N3C(=O)c4ccccc4Oc4ccccc43)cc1)c1ccc(Br)cc12. The summed E-state index contributed by atoms with van der Waals surface area (Å²) in [5, 5.41) is 19.0. The van der Waals surface area contributed by atoms with E-state index in [9.17, 15) is 9.90 Å². The summed E-state index contributed by atoms with van der Waals surface area (Å²) >= 11 is 3.64. The van der Waals surface area contributed by atoms with Gasteiger partial charge in [0.2, 0.25) is 8.41 Å². The Hall–Kier alpha value is -5.47. The van der Waals surface area contributed by atoms with E-state index in [0.29, 0.717) is 58.3 Å². The number of aliphatic hydroxyl groups excluding tert-OH is 1. The number of rotatable bonds is 10. The second-order valence-corrected chi connectivity index (χ2v) is 20.7. The molecule has 0 radical (unpaired) electrons. The highest BCUT2D eigenvalue weighted by Gasteiger charge is 2.66. The Morgan fingerprint density at radius 1 is 0.898 bits per heavy atom. The first kappa shape index (κ1) is 39.0. The predicted molar refractivity (Wildman–Crippen MR) is 229 cm³/mol. The highest BCUT2D eigenvalue weighted by Crippen LogP contribution is 2.60. The number of fused-ring (bicyclic) bond motifs is 4. The van der Waals surface area contributed by atoms with E-state index in [4.69, 9.17) is 9.47 Å². The number of benzene rings is 5. The van der Waals surface area contributed by atoms with Crippen LogP contribution in [0, 0.1) is 5.92 Å². The zero-order valence-corrected chi connectivity index (χ0v) is 35.4. The first-order valence-corrected chi connectivity index (χ1v) is 23.6. The van der Waals surface area contributed by atoms with E-state index in [1.165, 1.54) is 0 Å². The maximum atomic E-state index is 16.6. The van der Waals surface area contributed by atoms with Crippen LogP contribution in [0.5, 0.6) is 11.5 Å². The zero-order chi connectivity index (χ0) is 41.1. The van der Waals surface area contributed by atoms with Gasteiger partial charge < -0.3 is 23.6 Å². The summed E-state index contributed by atoms with van der Waals surface area (Å²) in [5.74, 6) is -0.169. The summed E-state index contributed by atoms with van der Waals surface area (Å²) in [7, 11) is -3.41. The average molecular weight is 873 g/mol. The lowest BCUT2D eigenvalue weighted by atomic mass is 9.82. The smallest absolute Gasteiger partial charge is 0.266 e. The summed E-state index contributed by atoms with van der Waals surface area (Å²) in [4.78, 5) is 32.5. The van der Waals surface area contributed by atoms with Crippen LogP contribution in [0.3, 0.4) is 0 Å². The predicted octanol–water partition coefficient (Wildman–Crippen LogP) is 9.66. The minimum absolute atomic E-state index is 0.118. The minimum atomic E-state index is -3.41. The highest BCUT2D eigenvalue weighted by molar-refractivity contribution is 9.10. The van der Waals surface area contributed by atoms with E-state index in [1.807, 2.05) is 122 Å². The molecule has 3 aliphatic rings. The molecular weight excluding hydrogens is 830 g/mol. The van der Waals surface area contributed by atoms with Crippen molar-refractivity contribution >= 4 is 53.2 Å². The minimum Gasteiger partial charge on any atom is -0.454 e. The molecule has 2 amide bonds. The molecular formula is C46H43BrFN5O5Si. The quantitative estimate of drug-likeness (QED) is 0.108. The van der Waals surface area contributed by atoms with E-state index in [0.717, 1.165) is 15.6 Å². The number of ether oxygens (including phenoxy) is 2. The topological polar surface area (TPSA) is 110 Å². The summed E-state index contributed by atoms with van der Waals surface area (Å²) < 4.78 is 32.3. The van der Waals surface area contributed by atoms with Crippen molar-refractivity contribution in [3.8, 4) is 11.5 Å². The lowest BCUT2D eigenvalue weighted by molar-refractivity contribution is -0.146. The van der Waals surface area contributed by atoms with Crippen molar-refractivity contribution < 1.29 is 28.3 Å². The van der Waals surface area contributed by atoms with Gasteiger partial charge in [-0.25, -0.2) is 0 Å². The van der Waals surface area contributed by atoms with Gasteiger partial charge in [-0.1, -0.05) is 94.8 Å². The third kappa shape index (κ3) is 6.79. The standard InChI is InChI=1S/C46H43BrFN5O5Si/c1-29-43(59(2,3)48)42(23-24-51-27-37(49-50-51)35(28-54)31-11-5-4-6-12-31)58-46(29)36-25-32(47)19-22-38(36)52(45(46)56)26-30-17-20-33(21-18-30)53-39-14-8-10-16-41(39)57-40-15-9-7-13-34(40)44(53)55/h4-22,25,27,29,35,42-43,54H,23-24,26,28H2,1-3H3/t29-,35?,42+,43-,46+/m1/s1. The molecule has 10 nitrogen and oxygen atoms in total. The molecule has 0 bridgehead atoms. The number of aliphatic hydroxyl groups is 1. The van der Waals surface area contributed by atoms with Gasteiger partial charge in [0.15, 0.2) is 11.4 Å². The first-order chi connectivity index (χ1) is 28.5. The van der Waals surface area contributed by atoms with E-state index in [1.54, 1.807) is 39.7 Å². The molecule has 1 N–H and O–H groups in total. The number of aromatic nitrogens is 3. The molecule has 1 fully saturated rings. The maximum absolute atomic E-state index is 16.6. The number of carbonyl (C=O) groups excluding carboxylic acids is 2. The van der Waals surface area contributed by atoms with Gasteiger partial charge in [-0.05, 0) is 85.2 Å². The summed E-state index contributed by atoms with van der Waals surface area (Å²) in [5.41, 5.74) is 3.70. The lowest BCUT2D eigenvalue weighted by Gasteiger charge is -2.31. The number of hydrogen-bond donors (Lipinski definition) is 1. The molecule has 9 rings (SSSR count). The number of carbonyl (C=O) groups is 2. The van der Waals surface area contributed by atoms with Gasteiger partial charge in [0, 0.05) is 39.9 Å². The fraction of sp³-hybridized carbons (Fsp3) is 0.261. The molecule has 300 valence electrons. The van der Waals surface area contributed by atoms with Crippen molar-refractivity contribution in [2.45, 2.75) is 62.7 Å². The maximum Gasteiger partial charge on any atom is 0.266 e. The van der Waals surface area contributed by atoms with Crippen molar-refractivity contribution in [3.63, 3.8) is 0 Å². The monoisotopic (exact) mass is 871 g/mol. The number of hydrogen-bond acceptors (Lipinski definition) is 7. The van der Waals surface area contributed by atoms with Gasteiger partial charge in [0.25, 0.3) is 11.8 Å². The van der Waals surface area contributed by atoms with Gasteiger partial charge in [-0.3, -0.25) is 19.2 Å². The second-order valence-electron chi connectivity index (χ2n) is 16.0. The number of amides is 2. The van der Waals surface area contributed by atoms with E-state index >= 15 is 8.90 Å². The molecule has 4 heterocycles. The first-order valence-electron chi connectivity index (χ1n) is 19.8. The Bertz CT molecular complexity index is 2550. The van der Waals surface area contributed by atoms with Crippen molar-refractivity contribution in [2.75, 3.05) is 16.4 Å². The van der Waals surface area contributed by atoms with Crippen LogP contribution in [-0.2, 0) is 28.2 Å². The average Bonchev–Trinajstić information content (AvgIpc) is 3.86. The molecule has 5 aromatic carbocycles.